The van der Waals surface area contributed by atoms with Crippen molar-refractivity contribution in [2.75, 3.05) is 14.2 Å². The van der Waals surface area contributed by atoms with Gasteiger partial charge in [-0.25, -0.2) is 9.79 Å². The highest BCUT2D eigenvalue weighted by Gasteiger charge is 2.30. The lowest BCUT2D eigenvalue weighted by atomic mass is 9.99. The second-order valence-electron chi connectivity index (χ2n) is 5.93. The Morgan fingerprint density at radius 2 is 1.64 bits per heavy atom. The van der Waals surface area contributed by atoms with Gasteiger partial charge >= 0.3 is 5.97 Å². The molecule has 0 bridgehead atoms. The smallest absolute Gasteiger partial charge is 0.343 e. The van der Waals surface area contributed by atoms with Gasteiger partial charge in [0.05, 0.1) is 19.9 Å². The normalized spacial score (nSPS) is 14.8. The number of carbonyl (C=O) groups excluding carboxylic acids is 2. The molecular formula is C21H18N2O5. The third-order valence-electron chi connectivity index (χ3n) is 4.17. The summed E-state index contributed by atoms with van der Waals surface area (Å²) in [6, 6.07) is 13.6. The Labute approximate surface area is 161 Å². The molecule has 3 rings (SSSR count). The zero-order valence-corrected chi connectivity index (χ0v) is 15.6. The number of esters is 1. The Balaban J connectivity index is 2.07. The maximum absolute atomic E-state index is 12.6. The third kappa shape index (κ3) is 3.55. The molecule has 2 aromatic rings. The maximum atomic E-state index is 12.6. The molecule has 1 amide bonds. The van der Waals surface area contributed by atoms with Gasteiger partial charge < -0.3 is 14.6 Å². The van der Waals surface area contributed by atoms with E-state index in [0.29, 0.717) is 22.4 Å². The highest BCUT2D eigenvalue weighted by atomic mass is 16.5. The first kappa shape index (κ1) is 19.0. The van der Waals surface area contributed by atoms with Crippen molar-refractivity contribution < 1.29 is 24.2 Å². The van der Waals surface area contributed by atoms with Crippen molar-refractivity contribution in [3.63, 3.8) is 0 Å². The summed E-state index contributed by atoms with van der Waals surface area (Å²) in [5, 5.41) is 9.97. The van der Waals surface area contributed by atoms with Crippen molar-refractivity contribution >= 4 is 23.4 Å². The Morgan fingerprint density at radius 3 is 2.21 bits per heavy atom. The van der Waals surface area contributed by atoms with Crippen molar-refractivity contribution in [2.45, 2.75) is 6.92 Å². The van der Waals surface area contributed by atoms with Crippen LogP contribution in [0.3, 0.4) is 0 Å². The van der Waals surface area contributed by atoms with Crippen molar-refractivity contribution in [1.82, 2.24) is 0 Å². The quantitative estimate of drug-likeness (QED) is 0.501. The number of fused-ring (bicyclic) bond motifs is 1. The number of amidine groups is 1. The number of rotatable bonds is 4. The third-order valence-corrected chi connectivity index (χ3v) is 4.17. The van der Waals surface area contributed by atoms with Crippen LogP contribution in [0, 0.1) is 0 Å². The summed E-state index contributed by atoms with van der Waals surface area (Å²) in [7, 11) is 2.76. The Bertz CT molecular complexity index is 1030. The number of hydrogen-bond acceptors (Lipinski definition) is 5. The van der Waals surface area contributed by atoms with E-state index in [4.69, 9.17) is 9.47 Å². The first-order valence-corrected chi connectivity index (χ1v) is 8.40. The van der Waals surface area contributed by atoms with Gasteiger partial charge in [-0.1, -0.05) is 24.3 Å². The van der Waals surface area contributed by atoms with Gasteiger partial charge in [-0.2, -0.15) is 4.99 Å². The fourth-order valence-corrected chi connectivity index (χ4v) is 2.80. The minimum absolute atomic E-state index is 0.0722. The number of nitrogens with zero attached hydrogens (tertiary/aromatic N) is 2. The van der Waals surface area contributed by atoms with Crippen LogP contribution in [-0.2, 0) is 9.53 Å². The number of benzene rings is 2. The van der Waals surface area contributed by atoms with E-state index in [1.807, 2.05) is 0 Å². The predicted molar refractivity (Wildman–Crippen MR) is 104 cm³/mol. The molecule has 0 radical (unpaired) electrons. The molecule has 7 nitrogen and oxygen atoms in total. The summed E-state index contributed by atoms with van der Waals surface area (Å²) < 4.78 is 9.84. The van der Waals surface area contributed by atoms with Crippen LogP contribution in [0.1, 0.15) is 28.4 Å². The molecule has 7 heteroatoms. The molecule has 0 fully saturated rings. The number of hydrogen-bond donors (Lipinski definition) is 1. The molecule has 0 saturated carbocycles. The van der Waals surface area contributed by atoms with E-state index >= 15 is 0 Å². The summed E-state index contributed by atoms with van der Waals surface area (Å²) in [4.78, 5) is 33.1. The monoisotopic (exact) mass is 378 g/mol. The average molecular weight is 378 g/mol. The number of aliphatic hydroxyl groups excluding tert-OH is 1. The van der Waals surface area contributed by atoms with Crippen LogP contribution >= 0.6 is 0 Å². The standard InChI is InChI=1S/C21H18N2O5/c1-12(24)17(21(26)28-3)18-15-6-4-5-7-16(15)19(22-18)23-20(25)13-8-10-14(27-2)11-9-13/h4-11,24H,1-3H3/b17-12+,23-19?. The summed E-state index contributed by atoms with van der Waals surface area (Å²) in [5.41, 5.74) is 1.68. The Kier molecular flexibility index (Phi) is 5.35. The van der Waals surface area contributed by atoms with Crippen molar-refractivity contribution in [3.8, 4) is 5.75 Å². The van der Waals surface area contributed by atoms with E-state index in [0.717, 1.165) is 0 Å². The number of carbonyl (C=O) groups is 2. The number of aliphatic imine (C=N–C) groups is 2. The number of amides is 1. The van der Waals surface area contributed by atoms with Gasteiger partial charge in [0.1, 0.15) is 17.1 Å². The van der Waals surface area contributed by atoms with Gasteiger partial charge in [0.25, 0.3) is 5.91 Å². The van der Waals surface area contributed by atoms with Crippen molar-refractivity contribution in [3.05, 3.63) is 76.6 Å². The van der Waals surface area contributed by atoms with Gasteiger partial charge in [0, 0.05) is 16.7 Å². The van der Waals surface area contributed by atoms with Crippen LogP contribution < -0.4 is 4.74 Å². The molecule has 1 aliphatic rings. The molecule has 1 heterocycles. The van der Waals surface area contributed by atoms with E-state index in [9.17, 15) is 14.7 Å². The van der Waals surface area contributed by atoms with Crippen LogP contribution in [0.4, 0.5) is 0 Å². The Morgan fingerprint density at radius 1 is 1.00 bits per heavy atom. The zero-order chi connectivity index (χ0) is 20.3. The second kappa shape index (κ2) is 7.87. The number of allylic oxidation sites excluding steroid dienone is 1. The molecule has 2 aromatic carbocycles. The summed E-state index contributed by atoms with van der Waals surface area (Å²) >= 11 is 0. The number of methoxy groups -OCH3 is 2. The molecule has 0 atom stereocenters. The molecule has 1 N–H and O–H groups in total. The largest absolute Gasteiger partial charge is 0.512 e. The lowest BCUT2D eigenvalue weighted by molar-refractivity contribution is -0.135. The second-order valence-corrected chi connectivity index (χ2v) is 5.93. The fourth-order valence-electron chi connectivity index (χ4n) is 2.80. The fraction of sp³-hybridized carbons (Fsp3) is 0.143. The molecule has 0 spiro atoms. The molecule has 142 valence electrons. The minimum atomic E-state index is -0.726. The topological polar surface area (TPSA) is 97.6 Å². The Hall–Kier alpha value is -3.74. The van der Waals surface area contributed by atoms with Crippen molar-refractivity contribution in [2.24, 2.45) is 9.98 Å². The molecule has 0 saturated heterocycles. The van der Waals surface area contributed by atoms with Gasteiger partial charge in [-0.3, -0.25) is 4.79 Å². The number of ether oxygens (including phenoxy) is 2. The van der Waals surface area contributed by atoms with Crippen LogP contribution in [0.5, 0.6) is 5.75 Å². The van der Waals surface area contributed by atoms with Crippen molar-refractivity contribution in [1.29, 1.82) is 0 Å². The summed E-state index contributed by atoms with van der Waals surface area (Å²) in [6.45, 7) is 1.37. The minimum Gasteiger partial charge on any atom is -0.512 e. The molecule has 0 aliphatic carbocycles. The molecule has 28 heavy (non-hydrogen) atoms. The van der Waals surface area contributed by atoms with Gasteiger partial charge in [0.2, 0.25) is 0 Å². The van der Waals surface area contributed by atoms with E-state index in [-0.39, 0.29) is 22.9 Å². The van der Waals surface area contributed by atoms with Gasteiger partial charge in [-0.15, -0.1) is 0 Å². The van der Waals surface area contributed by atoms with Crippen LogP contribution in [0.15, 0.2) is 69.8 Å². The summed E-state index contributed by atoms with van der Waals surface area (Å²) in [5.74, 6) is -0.655. The SMILES string of the molecule is COC(=O)/C(C1=NC(=NC(=O)c2ccc(OC)cc2)c2ccccc21)=C(\C)O. The summed E-state index contributed by atoms with van der Waals surface area (Å²) in [6.07, 6.45) is 0. The highest BCUT2D eigenvalue weighted by molar-refractivity contribution is 6.36. The van der Waals surface area contributed by atoms with Crippen LogP contribution in [-0.4, -0.2) is 42.7 Å². The molecule has 0 unspecified atom stereocenters. The average Bonchev–Trinajstić information content (AvgIpc) is 3.06. The van der Waals surface area contributed by atoms with Gasteiger partial charge in [0.15, 0.2) is 5.84 Å². The maximum Gasteiger partial charge on any atom is 0.343 e. The lowest BCUT2D eigenvalue weighted by Gasteiger charge is -2.07. The van der Waals surface area contributed by atoms with E-state index in [1.54, 1.807) is 48.5 Å². The van der Waals surface area contributed by atoms with E-state index < -0.39 is 11.9 Å². The number of aliphatic hydroxyl groups is 1. The highest BCUT2D eigenvalue weighted by Crippen LogP contribution is 2.26. The first-order valence-electron chi connectivity index (χ1n) is 8.40. The van der Waals surface area contributed by atoms with E-state index in [1.165, 1.54) is 21.1 Å². The predicted octanol–water partition coefficient (Wildman–Crippen LogP) is 3.09. The zero-order valence-electron chi connectivity index (χ0n) is 15.6. The molecule has 1 aliphatic heterocycles. The van der Waals surface area contributed by atoms with Crippen LogP contribution in [0.25, 0.3) is 0 Å². The molecular weight excluding hydrogens is 360 g/mol. The first-order chi connectivity index (χ1) is 13.5. The lowest BCUT2D eigenvalue weighted by Crippen LogP contribution is -2.16. The molecule has 0 aromatic heterocycles. The van der Waals surface area contributed by atoms with E-state index in [2.05, 4.69) is 9.98 Å². The van der Waals surface area contributed by atoms with Crippen LogP contribution in [0.2, 0.25) is 0 Å². The van der Waals surface area contributed by atoms with Gasteiger partial charge in [-0.05, 0) is 31.2 Å².